The van der Waals surface area contributed by atoms with E-state index in [4.69, 9.17) is 0 Å². The number of imidazole rings is 1. The number of carboxylic acids is 1. The van der Waals surface area contributed by atoms with Crippen molar-refractivity contribution in [1.82, 2.24) is 14.9 Å². The average molecular weight is 289 g/mol. The lowest BCUT2D eigenvalue weighted by atomic mass is 10.1. The highest BCUT2D eigenvalue weighted by atomic mass is 31.2. The van der Waals surface area contributed by atoms with E-state index in [9.17, 15) is 24.3 Å². The summed E-state index contributed by atoms with van der Waals surface area (Å²) < 4.78 is 11.3. The summed E-state index contributed by atoms with van der Waals surface area (Å²) >= 11 is 0. The molecule has 0 aliphatic heterocycles. The van der Waals surface area contributed by atoms with Gasteiger partial charge in [0.15, 0.2) is 0 Å². The van der Waals surface area contributed by atoms with Crippen molar-refractivity contribution in [1.29, 1.82) is 0 Å². The van der Waals surface area contributed by atoms with Crippen LogP contribution in [0.25, 0.3) is 0 Å². The normalized spacial score (nSPS) is 15.2. The Bertz CT molecular complexity index is 483. The molecule has 0 spiro atoms. The van der Waals surface area contributed by atoms with E-state index in [1.807, 2.05) is 0 Å². The molecule has 2 atom stereocenters. The molecule has 0 saturated heterocycles. The zero-order valence-corrected chi connectivity index (χ0v) is 11.2. The first-order valence-electron chi connectivity index (χ1n) is 5.37. The van der Waals surface area contributed by atoms with Gasteiger partial charge in [0.1, 0.15) is 11.8 Å². The summed E-state index contributed by atoms with van der Waals surface area (Å²) in [5.74, 6) is -2.54. The number of rotatable bonds is 7. The van der Waals surface area contributed by atoms with Gasteiger partial charge in [0.2, 0.25) is 0 Å². The van der Waals surface area contributed by atoms with Gasteiger partial charge in [-0.15, -0.1) is 6.58 Å². The van der Waals surface area contributed by atoms with Gasteiger partial charge in [0.25, 0.3) is 0 Å². The van der Waals surface area contributed by atoms with Crippen molar-refractivity contribution in [2.75, 3.05) is 7.05 Å². The van der Waals surface area contributed by atoms with Crippen LogP contribution >= 0.6 is 7.60 Å². The molecule has 1 aromatic heterocycles. The molecule has 0 aliphatic rings. The maximum atomic E-state index is 11.3. The fourth-order valence-electron chi connectivity index (χ4n) is 1.73. The van der Waals surface area contributed by atoms with Crippen molar-refractivity contribution in [2.45, 2.75) is 18.2 Å². The summed E-state index contributed by atoms with van der Waals surface area (Å²) in [5.41, 5.74) is 0.493. The van der Waals surface area contributed by atoms with Crippen LogP contribution in [-0.4, -0.2) is 54.6 Å². The Morgan fingerprint density at radius 1 is 1.68 bits per heavy atom. The van der Waals surface area contributed by atoms with Gasteiger partial charge < -0.3 is 19.9 Å². The third-order valence-electron chi connectivity index (χ3n) is 2.71. The molecule has 9 heteroatoms. The Kier molecular flexibility index (Phi) is 5.02. The molecule has 0 aromatic carbocycles. The van der Waals surface area contributed by atoms with E-state index >= 15 is 0 Å². The Labute approximate surface area is 109 Å². The van der Waals surface area contributed by atoms with E-state index in [2.05, 4.69) is 16.5 Å². The summed E-state index contributed by atoms with van der Waals surface area (Å²) in [6.07, 6.45) is 4.01. The van der Waals surface area contributed by atoms with Crippen molar-refractivity contribution in [2.24, 2.45) is 0 Å². The minimum absolute atomic E-state index is 0.0275. The highest BCUT2D eigenvalue weighted by molar-refractivity contribution is 7.52. The van der Waals surface area contributed by atoms with Crippen molar-refractivity contribution < 1.29 is 24.3 Å². The van der Waals surface area contributed by atoms with Gasteiger partial charge in [-0.1, -0.05) is 6.08 Å². The number of nitrogens with one attached hydrogen (secondary N) is 1. The van der Waals surface area contributed by atoms with Gasteiger partial charge in [-0.25, -0.2) is 4.98 Å². The lowest BCUT2D eigenvalue weighted by Gasteiger charge is -2.30. The van der Waals surface area contributed by atoms with Crippen molar-refractivity contribution in [3.63, 3.8) is 0 Å². The third-order valence-corrected chi connectivity index (χ3v) is 3.97. The zero-order valence-electron chi connectivity index (χ0n) is 10.3. The predicted molar refractivity (Wildman–Crippen MR) is 67.5 cm³/mol. The molecule has 19 heavy (non-hydrogen) atoms. The van der Waals surface area contributed by atoms with E-state index in [1.54, 1.807) is 0 Å². The Morgan fingerprint density at radius 2 is 2.32 bits per heavy atom. The number of carbonyl (C=O) groups is 1. The van der Waals surface area contributed by atoms with Crippen LogP contribution in [0.5, 0.6) is 0 Å². The first-order valence-corrected chi connectivity index (χ1v) is 7.05. The molecule has 1 heterocycles. The molecule has 0 fully saturated rings. The quantitative estimate of drug-likeness (QED) is 0.412. The fraction of sp³-hybridized carbons (Fsp3) is 0.400. The van der Waals surface area contributed by atoms with Crippen molar-refractivity contribution in [3.8, 4) is 0 Å². The molecule has 4 N–H and O–H groups in total. The van der Waals surface area contributed by atoms with Gasteiger partial charge in [-0.3, -0.25) is 14.3 Å². The standard InChI is InChI=1S/C10H16N3O5P/c1-3-9(19(16,17)18)13(2)8(10(14)15)4-7-5-11-6-12-7/h3,5-6,8-9H,1,4H2,2H3,(H,11,12)(H,14,15)(H2,16,17,18). The molecule has 0 saturated carbocycles. The molecular weight excluding hydrogens is 273 g/mol. The summed E-state index contributed by atoms with van der Waals surface area (Å²) in [5, 5.41) is 9.19. The lowest BCUT2D eigenvalue weighted by molar-refractivity contribution is -0.142. The number of hydrogen-bond acceptors (Lipinski definition) is 4. The molecule has 1 aromatic rings. The number of hydrogen-bond donors (Lipinski definition) is 4. The maximum Gasteiger partial charge on any atom is 0.346 e. The van der Waals surface area contributed by atoms with Gasteiger partial charge in [-0.05, 0) is 7.05 Å². The summed E-state index contributed by atoms with van der Waals surface area (Å²) in [4.78, 5) is 37.3. The molecular formula is C10H16N3O5P. The number of aromatic nitrogens is 2. The molecule has 0 aliphatic carbocycles. The van der Waals surface area contributed by atoms with Crippen molar-refractivity contribution in [3.05, 3.63) is 30.9 Å². The van der Waals surface area contributed by atoms with Crippen LogP contribution in [0.15, 0.2) is 25.2 Å². The molecule has 8 nitrogen and oxygen atoms in total. The summed E-state index contributed by atoms with van der Waals surface area (Å²) in [6.45, 7) is 3.34. The van der Waals surface area contributed by atoms with Crippen LogP contribution in [0.2, 0.25) is 0 Å². The second-order valence-corrected chi connectivity index (χ2v) is 5.73. The van der Waals surface area contributed by atoms with Crippen LogP contribution in [0.3, 0.4) is 0 Å². The van der Waals surface area contributed by atoms with Gasteiger partial charge in [0, 0.05) is 12.6 Å². The van der Waals surface area contributed by atoms with E-state index in [1.165, 1.54) is 19.6 Å². The fourth-order valence-corrected chi connectivity index (χ4v) is 2.64. The largest absolute Gasteiger partial charge is 0.480 e. The highest BCUT2D eigenvalue weighted by Crippen LogP contribution is 2.43. The van der Waals surface area contributed by atoms with Crippen molar-refractivity contribution >= 4 is 13.6 Å². The first kappa shape index (κ1) is 15.6. The smallest absolute Gasteiger partial charge is 0.346 e. The van der Waals surface area contributed by atoms with Crippen LogP contribution in [0.1, 0.15) is 5.69 Å². The minimum atomic E-state index is -4.50. The lowest BCUT2D eigenvalue weighted by Crippen LogP contribution is -2.45. The maximum absolute atomic E-state index is 11.3. The molecule has 0 radical (unpaired) electrons. The predicted octanol–water partition coefficient (Wildman–Crippen LogP) is 0.0270. The molecule has 1 rings (SSSR count). The van der Waals surface area contributed by atoms with Crippen LogP contribution in [0.4, 0.5) is 0 Å². The number of nitrogens with zero attached hydrogens (tertiary/aromatic N) is 2. The number of aliphatic carboxylic acids is 1. The van der Waals surface area contributed by atoms with E-state index in [-0.39, 0.29) is 6.42 Å². The third kappa shape index (κ3) is 4.00. The summed E-state index contributed by atoms with van der Waals surface area (Å²) in [7, 11) is -3.17. The zero-order chi connectivity index (χ0) is 14.6. The molecule has 2 unspecified atom stereocenters. The van der Waals surface area contributed by atoms with Crippen LogP contribution in [0, 0.1) is 0 Å². The molecule has 0 amide bonds. The van der Waals surface area contributed by atoms with Gasteiger partial charge in [0.05, 0.1) is 12.0 Å². The number of carboxylic acid groups (broad SMARTS) is 1. The Morgan fingerprint density at radius 3 is 2.68 bits per heavy atom. The molecule has 0 bridgehead atoms. The number of aromatic amines is 1. The number of H-pyrrole nitrogens is 1. The Balaban J connectivity index is 2.95. The topological polar surface area (TPSA) is 127 Å². The van der Waals surface area contributed by atoms with Gasteiger partial charge >= 0.3 is 13.6 Å². The SMILES string of the molecule is C=CC(N(C)C(Cc1c[nH]cn1)C(=O)O)P(=O)(O)O. The van der Waals surface area contributed by atoms with Gasteiger partial charge in [-0.2, -0.15) is 0 Å². The van der Waals surface area contributed by atoms with E-state index in [0.29, 0.717) is 5.69 Å². The first-order chi connectivity index (χ1) is 8.77. The Hall–Kier alpha value is -1.47. The highest BCUT2D eigenvalue weighted by Gasteiger charge is 2.36. The average Bonchev–Trinajstić information content (AvgIpc) is 2.76. The van der Waals surface area contributed by atoms with Crippen LogP contribution in [-0.2, 0) is 15.8 Å². The second-order valence-electron chi connectivity index (χ2n) is 4.02. The van der Waals surface area contributed by atoms with E-state index in [0.717, 1.165) is 11.0 Å². The molecule has 106 valence electrons. The summed E-state index contributed by atoms with van der Waals surface area (Å²) in [6, 6.07) is -1.11. The van der Waals surface area contributed by atoms with E-state index < -0.39 is 25.4 Å². The van der Waals surface area contributed by atoms with Crippen LogP contribution < -0.4 is 0 Å². The second kappa shape index (κ2) is 6.12. The number of likely N-dealkylation sites (N-methyl/N-ethyl adjacent to an activating group) is 1. The monoisotopic (exact) mass is 289 g/mol. The minimum Gasteiger partial charge on any atom is -0.480 e.